The zero-order chi connectivity index (χ0) is 22.5. The van der Waals surface area contributed by atoms with Gasteiger partial charge in [0.05, 0.1) is 0 Å². The van der Waals surface area contributed by atoms with Crippen molar-refractivity contribution in [3.05, 3.63) is 95.6 Å². The lowest BCUT2D eigenvalue weighted by Gasteiger charge is -2.20. The molecule has 0 fully saturated rings. The zero-order valence-corrected chi connectivity index (χ0v) is 17.2. The van der Waals surface area contributed by atoms with E-state index in [1.807, 2.05) is 48.5 Å². The number of aliphatic carboxylic acids is 1. The molecule has 3 N–H and O–H groups in total. The highest BCUT2D eigenvalue weighted by atomic mass is 16.5. The molecule has 0 saturated carbocycles. The summed E-state index contributed by atoms with van der Waals surface area (Å²) in [6, 6.07) is 23.5. The van der Waals surface area contributed by atoms with Gasteiger partial charge in [-0.05, 0) is 27.8 Å². The summed E-state index contributed by atoms with van der Waals surface area (Å²) >= 11 is 0. The van der Waals surface area contributed by atoms with Crippen molar-refractivity contribution in [3.63, 3.8) is 0 Å². The predicted molar refractivity (Wildman–Crippen MR) is 118 cm³/mol. The van der Waals surface area contributed by atoms with Crippen molar-refractivity contribution < 1.29 is 24.2 Å². The van der Waals surface area contributed by atoms with Crippen molar-refractivity contribution in [2.24, 2.45) is 0 Å². The first kappa shape index (κ1) is 21.1. The molecule has 3 aromatic rings. The minimum Gasteiger partial charge on any atom is -0.480 e. The van der Waals surface area contributed by atoms with Gasteiger partial charge in [0.1, 0.15) is 19.2 Å². The highest BCUT2D eigenvalue weighted by Gasteiger charge is 2.30. The number of rotatable bonds is 7. The number of benzene rings is 3. The molecule has 7 nitrogen and oxygen atoms in total. The molecule has 0 aliphatic heterocycles. The number of carbonyl (C=O) groups excluding carboxylic acids is 2. The molecule has 162 valence electrons. The Morgan fingerprint density at radius 3 is 2.00 bits per heavy atom. The number of carbonyl (C=O) groups is 3. The van der Waals surface area contributed by atoms with Crippen molar-refractivity contribution in [2.45, 2.75) is 12.0 Å². The van der Waals surface area contributed by atoms with Gasteiger partial charge in [-0.3, -0.25) is 9.59 Å². The number of hydrogen-bond donors (Lipinski definition) is 3. The van der Waals surface area contributed by atoms with Gasteiger partial charge >= 0.3 is 12.1 Å². The van der Waals surface area contributed by atoms with Gasteiger partial charge in [-0.25, -0.2) is 4.79 Å². The van der Waals surface area contributed by atoms with Gasteiger partial charge in [0.25, 0.3) is 0 Å². The quantitative estimate of drug-likeness (QED) is 0.532. The molecule has 32 heavy (non-hydrogen) atoms. The van der Waals surface area contributed by atoms with E-state index in [-0.39, 0.29) is 12.5 Å². The van der Waals surface area contributed by atoms with E-state index in [0.29, 0.717) is 5.56 Å². The molecule has 0 bridgehead atoms. The molecule has 4 rings (SSSR count). The molecule has 3 aromatic carbocycles. The molecular weight excluding hydrogens is 408 g/mol. The summed E-state index contributed by atoms with van der Waals surface area (Å²) in [7, 11) is 0. The smallest absolute Gasteiger partial charge is 0.408 e. The molecule has 1 aliphatic carbocycles. The fourth-order valence-electron chi connectivity index (χ4n) is 3.97. The summed E-state index contributed by atoms with van der Waals surface area (Å²) in [5.41, 5.74) is 4.92. The lowest BCUT2D eigenvalue weighted by Crippen LogP contribution is -2.42. The summed E-state index contributed by atoms with van der Waals surface area (Å²) in [6.07, 6.45) is -0.758. The molecule has 0 saturated heterocycles. The number of amides is 2. The lowest BCUT2D eigenvalue weighted by molar-refractivity contribution is -0.138. The Balaban J connectivity index is 1.47. The third-order valence-electron chi connectivity index (χ3n) is 5.41. The largest absolute Gasteiger partial charge is 0.480 e. The number of alkyl carbamates (subject to hydrolysis) is 1. The van der Waals surface area contributed by atoms with E-state index in [2.05, 4.69) is 10.6 Å². The Labute approximate surface area is 185 Å². The first-order valence-corrected chi connectivity index (χ1v) is 10.2. The number of hydrogen-bond acceptors (Lipinski definition) is 4. The summed E-state index contributed by atoms with van der Waals surface area (Å²) in [5.74, 6) is -1.91. The summed E-state index contributed by atoms with van der Waals surface area (Å²) in [4.78, 5) is 36.0. The van der Waals surface area contributed by atoms with Gasteiger partial charge in [-0.2, -0.15) is 0 Å². The molecule has 0 radical (unpaired) electrons. The van der Waals surface area contributed by atoms with E-state index in [4.69, 9.17) is 9.84 Å². The summed E-state index contributed by atoms with van der Waals surface area (Å²) < 4.78 is 5.52. The number of fused-ring (bicyclic) bond motifs is 3. The Morgan fingerprint density at radius 1 is 0.844 bits per heavy atom. The van der Waals surface area contributed by atoms with Crippen LogP contribution in [0.15, 0.2) is 78.9 Å². The topological polar surface area (TPSA) is 105 Å². The number of carboxylic acid groups (broad SMARTS) is 1. The van der Waals surface area contributed by atoms with Crippen LogP contribution in [-0.4, -0.2) is 36.2 Å². The molecule has 1 unspecified atom stereocenters. The average molecular weight is 430 g/mol. The van der Waals surface area contributed by atoms with E-state index in [1.54, 1.807) is 30.3 Å². The van der Waals surface area contributed by atoms with Crippen LogP contribution < -0.4 is 10.6 Å². The minimum absolute atomic E-state index is 0.107. The number of nitrogens with one attached hydrogen (secondary N) is 2. The van der Waals surface area contributed by atoms with Crippen LogP contribution in [0.25, 0.3) is 11.1 Å². The van der Waals surface area contributed by atoms with Crippen molar-refractivity contribution in [3.8, 4) is 11.1 Å². The van der Waals surface area contributed by atoms with Crippen LogP contribution >= 0.6 is 0 Å². The molecule has 2 amide bonds. The third kappa shape index (κ3) is 4.46. The normalized spacial score (nSPS) is 12.9. The molecule has 0 spiro atoms. The van der Waals surface area contributed by atoms with Crippen LogP contribution in [0.4, 0.5) is 4.79 Å². The summed E-state index contributed by atoms with van der Waals surface area (Å²) in [5, 5.41) is 13.7. The minimum atomic E-state index is -1.17. The van der Waals surface area contributed by atoms with Crippen molar-refractivity contribution in [1.82, 2.24) is 10.6 Å². The molecule has 0 heterocycles. The first-order chi connectivity index (χ1) is 15.5. The lowest BCUT2D eigenvalue weighted by atomic mass is 9.98. The maximum absolute atomic E-state index is 12.6. The van der Waals surface area contributed by atoms with Gasteiger partial charge in [0, 0.05) is 5.92 Å². The average Bonchev–Trinajstić information content (AvgIpc) is 3.14. The van der Waals surface area contributed by atoms with Crippen LogP contribution in [-0.2, 0) is 14.3 Å². The summed E-state index contributed by atoms with van der Waals surface area (Å²) in [6.45, 7) is -0.438. The van der Waals surface area contributed by atoms with Crippen LogP contribution in [0, 0.1) is 0 Å². The van der Waals surface area contributed by atoms with Crippen molar-refractivity contribution >= 4 is 18.0 Å². The number of ether oxygens (including phenoxy) is 1. The SMILES string of the molecule is O=C(O)CNC(=O)C(NC(=O)OCC1c2ccccc2-c2ccccc21)c1ccccc1. The second-order valence-electron chi connectivity index (χ2n) is 7.43. The van der Waals surface area contributed by atoms with Crippen LogP contribution in [0.5, 0.6) is 0 Å². The Kier molecular flexibility index (Phi) is 6.17. The van der Waals surface area contributed by atoms with E-state index in [0.717, 1.165) is 22.3 Å². The van der Waals surface area contributed by atoms with Crippen LogP contribution in [0.3, 0.4) is 0 Å². The second kappa shape index (κ2) is 9.34. The molecule has 1 aliphatic rings. The molecular formula is C25H22N2O5. The Bertz CT molecular complexity index is 1100. The fourth-order valence-corrected chi connectivity index (χ4v) is 3.97. The van der Waals surface area contributed by atoms with Crippen molar-refractivity contribution in [1.29, 1.82) is 0 Å². The monoisotopic (exact) mass is 430 g/mol. The second-order valence-corrected chi connectivity index (χ2v) is 7.43. The van der Waals surface area contributed by atoms with Gasteiger partial charge in [0.2, 0.25) is 5.91 Å². The molecule has 7 heteroatoms. The maximum Gasteiger partial charge on any atom is 0.408 e. The Hall–Kier alpha value is -4.13. The van der Waals surface area contributed by atoms with Crippen molar-refractivity contribution in [2.75, 3.05) is 13.2 Å². The van der Waals surface area contributed by atoms with Gasteiger partial charge in [-0.1, -0.05) is 78.9 Å². The Morgan fingerprint density at radius 2 is 1.41 bits per heavy atom. The standard InChI is InChI=1S/C25H22N2O5/c28-22(29)14-26-24(30)23(16-8-2-1-3-9-16)27-25(31)32-15-21-19-12-6-4-10-17(19)18-11-5-7-13-20(18)21/h1-13,21,23H,14-15H2,(H,26,30)(H,27,31)(H,28,29). The molecule has 0 aromatic heterocycles. The van der Waals surface area contributed by atoms with E-state index >= 15 is 0 Å². The van der Waals surface area contributed by atoms with Gasteiger partial charge in [-0.15, -0.1) is 0 Å². The number of carboxylic acids is 1. The highest BCUT2D eigenvalue weighted by Crippen LogP contribution is 2.44. The van der Waals surface area contributed by atoms with E-state index < -0.39 is 30.6 Å². The zero-order valence-electron chi connectivity index (χ0n) is 17.2. The third-order valence-corrected chi connectivity index (χ3v) is 5.41. The maximum atomic E-state index is 12.6. The van der Waals surface area contributed by atoms with Crippen LogP contribution in [0.1, 0.15) is 28.7 Å². The predicted octanol–water partition coefficient (Wildman–Crippen LogP) is 3.47. The first-order valence-electron chi connectivity index (χ1n) is 10.2. The fraction of sp³-hybridized carbons (Fsp3) is 0.160. The highest BCUT2D eigenvalue weighted by molar-refractivity contribution is 5.89. The van der Waals surface area contributed by atoms with Gasteiger partial charge < -0.3 is 20.5 Å². The van der Waals surface area contributed by atoms with Gasteiger partial charge in [0.15, 0.2) is 0 Å². The molecule has 1 atom stereocenters. The van der Waals surface area contributed by atoms with E-state index in [9.17, 15) is 14.4 Å². The van der Waals surface area contributed by atoms with E-state index in [1.165, 1.54) is 0 Å². The van der Waals surface area contributed by atoms with Crippen LogP contribution in [0.2, 0.25) is 0 Å².